The van der Waals surface area contributed by atoms with Gasteiger partial charge in [-0.2, -0.15) is 5.26 Å². The quantitative estimate of drug-likeness (QED) is 0.766. The van der Waals surface area contributed by atoms with Gasteiger partial charge in [0.1, 0.15) is 0 Å². The molecule has 1 nitrogen and oxygen atoms in total. The van der Waals surface area contributed by atoms with E-state index >= 15 is 0 Å². The van der Waals surface area contributed by atoms with E-state index in [4.69, 9.17) is 23.2 Å². The van der Waals surface area contributed by atoms with Crippen LogP contribution in [0.1, 0.15) is 22.6 Å². The van der Waals surface area contributed by atoms with Crippen molar-refractivity contribution in [3.63, 3.8) is 0 Å². The lowest BCUT2D eigenvalue weighted by Gasteiger charge is -2.10. The van der Waals surface area contributed by atoms with Gasteiger partial charge in [0.2, 0.25) is 0 Å². The van der Waals surface area contributed by atoms with Gasteiger partial charge in [-0.05, 0) is 36.6 Å². The SMILES string of the molecule is Cc1ccc(C(C#N)Cc2ccc(Cl)c(Cl)c2)cc1. The molecule has 2 aromatic rings. The summed E-state index contributed by atoms with van der Waals surface area (Å²) in [5.74, 6) is -0.169. The number of hydrogen-bond donors (Lipinski definition) is 0. The van der Waals surface area contributed by atoms with Crippen LogP contribution < -0.4 is 0 Å². The molecule has 2 aromatic carbocycles. The lowest BCUT2D eigenvalue weighted by molar-refractivity contribution is 0.849. The van der Waals surface area contributed by atoms with Crippen molar-refractivity contribution in [1.29, 1.82) is 5.26 Å². The number of rotatable bonds is 3. The first-order chi connectivity index (χ1) is 9.10. The second-order valence-corrected chi connectivity index (χ2v) is 5.36. The summed E-state index contributed by atoms with van der Waals surface area (Å²) < 4.78 is 0. The van der Waals surface area contributed by atoms with Gasteiger partial charge in [-0.1, -0.05) is 59.1 Å². The van der Waals surface area contributed by atoms with Crippen LogP contribution in [0.2, 0.25) is 10.0 Å². The third-order valence-corrected chi connectivity index (χ3v) is 3.80. The van der Waals surface area contributed by atoms with E-state index in [-0.39, 0.29) is 5.92 Å². The van der Waals surface area contributed by atoms with Gasteiger partial charge in [-0.3, -0.25) is 0 Å². The molecule has 19 heavy (non-hydrogen) atoms. The zero-order valence-corrected chi connectivity index (χ0v) is 12.0. The first-order valence-corrected chi connectivity index (χ1v) is 6.76. The molecule has 3 heteroatoms. The predicted molar refractivity (Wildman–Crippen MR) is 79.7 cm³/mol. The molecule has 0 aliphatic rings. The molecule has 0 aliphatic heterocycles. The number of nitriles is 1. The Balaban J connectivity index is 2.22. The monoisotopic (exact) mass is 289 g/mol. The molecule has 0 saturated carbocycles. The molecular weight excluding hydrogens is 277 g/mol. The van der Waals surface area contributed by atoms with Crippen LogP contribution in [0, 0.1) is 18.3 Å². The highest BCUT2D eigenvalue weighted by atomic mass is 35.5. The van der Waals surface area contributed by atoms with Crippen molar-refractivity contribution in [2.75, 3.05) is 0 Å². The molecule has 0 fully saturated rings. The second kappa shape index (κ2) is 6.10. The van der Waals surface area contributed by atoms with Crippen molar-refractivity contribution in [3.8, 4) is 6.07 Å². The Morgan fingerprint density at radius 3 is 2.32 bits per heavy atom. The Morgan fingerprint density at radius 2 is 1.74 bits per heavy atom. The number of hydrogen-bond acceptors (Lipinski definition) is 1. The molecule has 0 aliphatic carbocycles. The van der Waals surface area contributed by atoms with Crippen LogP contribution in [0.5, 0.6) is 0 Å². The summed E-state index contributed by atoms with van der Waals surface area (Å²) in [5, 5.41) is 10.4. The lowest BCUT2D eigenvalue weighted by Crippen LogP contribution is -2.00. The summed E-state index contributed by atoms with van der Waals surface area (Å²) in [5.41, 5.74) is 3.23. The summed E-state index contributed by atoms with van der Waals surface area (Å²) in [6, 6.07) is 15.9. The smallest absolute Gasteiger partial charge is 0.0753 e. The lowest BCUT2D eigenvalue weighted by atomic mass is 9.93. The predicted octanol–water partition coefficient (Wildman–Crippen LogP) is 5.15. The maximum absolute atomic E-state index is 9.32. The molecule has 0 spiro atoms. The van der Waals surface area contributed by atoms with Crippen LogP contribution in [-0.4, -0.2) is 0 Å². The summed E-state index contributed by atoms with van der Waals surface area (Å²) in [6.07, 6.45) is 0.635. The van der Waals surface area contributed by atoms with Crippen LogP contribution in [0.25, 0.3) is 0 Å². The van der Waals surface area contributed by atoms with Crippen molar-refractivity contribution >= 4 is 23.2 Å². The Morgan fingerprint density at radius 1 is 1.05 bits per heavy atom. The van der Waals surface area contributed by atoms with E-state index in [0.717, 1.165) is 11.1 Å². The van der Waals surface area contributed by atoms with Gasteiger partial charge in [-0.25, -0.2) is 0 Å². The van der Waals surface area contributed by atoms with Crippen LogP contribution in [0.15, 0.2) is 42.5 Å². The Kier molecular flexibility index (Phi) is 4.47. The largest absolute Gasteiger partial charge is 0.198 e. The van der Waals surface area contributed by atoms with Gasteiger partial charge in [-0.15, -0.1) is 0 Å². The Bertz CT molecular complexity index is 612. The third-order valence-electron chi connectivity index (χ3n) is 3.06. The van der Waals surface area contributed by atoms with Gasteiger partial charge >= 0.3 is 0 Å². The summed E-state index contributed by atoms with van der Waals surface area (Å²) in [7, 11) is 0. The van der Waals surface area contributed by atoms with Crippen LogP contribution in [0.4, 0.5) is 0 Å². The second-order valence-electron chi connectivity index (χ2n) is 4.54. The highest BCUT2D eigenvalue weighted by Crippen LogP contribution is 2.26. The number of halogens is 2. The van der Waals surface area contributed by atoms with E-state index in [0.29, 0.717) is 16.5 Å². The topological polar surface area (TPSA) is 23.8 Å². The van der Waals surface area contributed by atoms with Crippen LogP contribution >= 0.6 is 23.2 Å². The maximum Gasteiger partial charge on any atom is 0.0753 e. The summed E-state index contributed by atoms with van der Waals surface area (Å²) in [4.78, 5) is 0. The van der Waals surface area contributed by atoms with Gasteiger partial charge in [0.25, 0.3) is 0 Å². The number of aryl methyl sites for hydroxylation is 1. The van der Waals surface area contributed by atoms with Crippen molar-refractivity contribution in [2.24, 2.45) is 0 Å². The van der Waals surface area contributed by atoms with Crippen molar-refractivity contribution in [2.45, 2.75) is 19.3 Å². The molecule has 0 saturated heterocycles. The van der Waals surface area contributed by atoms with E-state index in [1.54, 1.807) is 6.07 Å². The third kappa shape index (κ3) is 3.50. The molecule has 0 N–H and O–H groups in total. The number of benzene rings is 2. The van der Waals surface area contributed by atoms with Crippen molar-refractivity contribution < 1.29 is 0 Å². The Hall–Kier alpha value is -1.49. The fourth-order valence-electron chi connectivity index (χ4n) is 1.94. The highest BCUT2D eigenvalue weighted by Gasteiger charge is 2.12. The molecule has 0 aromatic heterocycles. The first kappa shape index (κ1) is 13.9. The molecule has 0 radical (unpaired) electrons. The maximum atomic E-state index is 9.32. The minimum atomic E-state index is -0.169. The zero-order valence-electron chi connectivity index (χ0n) is 10.5. The Labute approximate surface area is 123 Å². The van der Waals surface area contributed by atoms with Crippen LogP contribution in [0.3, 0.4) is 0 Å². The standard InChI is InChI=1S/C16H13Cl2N/c1-11-2-5-13(6-3-11)14(10-19)8-12-4-7-15(17)16(18)9-12/h2-7,9,14H,8H2,1H3. The molecule has 1 unspecified atom stereocenters. The fraction of sp³-hybridized carbons (Fsp3) is 0.188. The van der Waals surface area contributed by atoms with Gasteiger partial charge in [0.15, 0.2) is 0 Å². The molecule has 2 rings (SSSR count). The van der Waals surface area contributed by atoms with E-state index in [2.05, 4.69) is 6.07 Å². The van der Waals surface area contributed by atoms with Gasteiger partial charge in [0, 0.05) is 0 Å². The van der Waals surface area contributed by atoms with Gasteiger partial charge < -0.3 is 0 Å². The molecule has 0 heterocycles. The average Bonchev–Trinajstić information content (AvgIpc) is 2.41. The normalized spacial score (nSPS) is 11.9. The van der Waals surface area contributed by atoms with E-state index in [1.807, 2.05) is 43.3 Å². The minimum Gasteiger partial charge on any atom is -0.198 e. The van der Waals surface area contributed by atoms with Crippen molar-refractivity contribution in [1.82, 2.24) is 0 Å². The van der Waals surface area contributed by atoms with Gasteiger partial charge in [0.05, 0.1) is 22.0 Å². The summed E-state index contributed by atoms with van der Waals surface area (Å²) >= 11 is 11.9. The first-order valence-electron chi connectivity index (χ1n) is 6.00. The minimum absolute atomic E-state index is 0.169. The van der Waals surface area contributed by atoms with Crippen molar-refractivity contribution in [3.05, 3.63) is 69.2 Å². The molecule has 0 amide bonds. The number of nitrogens with zero attached hydrogens (tertiary/aromatic N) is 1. The average molecular weight is 290 g/mol. The van der Waals surface area contributed by atoms with E-state index < -0.39 is 0 Å². The molecule has 96 valence electrons. The van der Waals surface area contributed by atoms with E-state index in [9.17, 15) is 5.26 Å². The molecule has 0 bridgehead atoms. The van der Waals surface area contributed by atoms with E-state index in [1.165, 1.54) is 5.56 Å². The summed E-state index contributed by atoms with van der Waals surface area (Å²) in [6.45, 7) is 2.03. The molecule has 1 atom stereocenters. The molecular formula is C16H13Cl2N. The zero-order chi connectivity index (χ0) is 13.8. The fourth-order valence-corrected chi connectivity index (χ4v) is 2.26. The van der Waals surface area contributed by atoms with Crippen LogP contribution in [-0.2, 0) is 6.42 Å². The highest BCUT2D eigenvalue weighted by molar-refractivity contribution is 6.42.